The van der Waals surface area contributed by atoms with Crippen LogP contribution in [-0.2, 0) is 5.41 Å². The molecule has 1 aromatic carbocycles. The Morgan fingerprint density at radius 1 is 1.33 bits per heavy atom. The van der Waals surface area contributed by atoms with E-state index in [2.05, 4.69) is 32.6 Å². The summed E-state index contributed by atoms with van der Waals surface area (Å²) in [7, 11) is 0. The van der Waals surface area contributed by atoms with Crippen LogP contribution in [0.25, 0.3) is 0 Å². The second kappa shape index (κ2) is 4.37. The maximum absolute atomic E-state index is 9.58. The van der Waals surface area contributed by atoms with Gasteiger partial charge in [-0.2, -0.15) is 0 Å². The van der Waals surface area contributed by atoms with Crippen molar-refractivity contribution in [2.75, 3.05) is 6.54 Å². The first kappa shape index (κ1) is 11.6. The summed E-state index contributed by atoms with van der Waals surface area (Å²) in [5, 5.41) is 9.58. The minimum absolute atomic E-state index is 0.0623. The van der Waals surface area contributed by atoms with Gasteiger partial charge in [-0.05, 0) is 23.1 Å². The highest BCUT2D eigenvalue weighted by molar-refractivity contribution is 5.48. The molecule has 0 saturated carbocycles. The maximum atomic E-state index is 9.58. The van der Waals surface area contributed by atoms with Crippen molar-refractivity contribution in [3.63, 3.8) is 0 Å². The van der Waals surface area contributed by atoms with Gasteiger partial charge in [0, 0.05) is 0 Å². The fraction of sp³-hybridized carbons (Fsp3) is 0.385. The number of aromatic hydroxyl groups is 1. The molecule has 0 unspecified atom stereocenters. The van der Waals surface area contributed by atoms with Crippen LogP contribution in [0.3, 0.4) is 0 Å². The van der Waals surface area contributed by atoms with Crippen molar-refractivity contribution in [1.82, 2.24) is 0 Å². The van der Waals surface area contributed by atoms with Crippen molar-refractivity contribution in [2.24, 2.45) is 5.73 Å². The first-order chi connectivity index (χ1) is 6.95. The lowest BCUT2D eigenvalue weighted by Crippen LogP contribution is -2.10. The van der Waals surface area contributed by atoms with E-state index in [-0.39, 0.29) is 11.2 Å². The van der Waals surface area contributed by atoms with Crippen molar-refractivity contribution in [1.29, 1.82) is 0 Å². The van der Waals surface area contributed by atoms with Crippen molar-refractivity contribution in [2.45, 2.75) is 26.2 Å². The number of hydrogen-bond donors (Lipinski definition) is 2. The molecule has 0 bridgehead atoms. The van der Waals surface area contributed by atoms with Gasteiger partial charge in [0.15, 0.2) is 0 Å². The van der Waals surface area contributed by atoms with E-state index in [1.165, 1.54) is 0 Å². The lowest BCUT2D eigenvalue weighted by Gasteiger charge is -2.19. The van der Waals surface area contributed by atoms with Crippen LogP contribution in [0.4, 0.5) is 0 Å². The van der Waals surface area contributed by atoms with Gasteiger partial charge in [-0.25, -0.2) is 0 Å². The number of rotatable bonds is 0. The Kier molecular flexibility index (Phi) is 3.39. The van der Waals surface area contributed by atoms with Crippen LogP contribution in [0.5, 0.6) is 5.75 Å². The Morgan fingerprint density at radius 3 is 2.53 bits per heavy atom. The molecule has 15 heavy (non-hydrogen) atoms. The molecule has 0 aromatic heterocycles. The van der Waals surface area contributed by atoms with E-state index in [1.807, 2.05) is 12.1 Å². The second-order valence-electron chi connectivity index (χ2n) is 4.49. The fourth-order valence-electron chi connectivity index (χ4n) is 1.25. The maximum Gasteiger partial charge on any atom is 0.131 e. The van der Waals surface area contributed by atoms with Crippen molar-refractivity contribution in [3.05, 3.63) is 29.3 Å². The predicted molar refractivity (Wildman–Crippen MR) is 62.7 cm³/mol. The van der Waals surface area contributed by atoms with Crippen molar-refractivity contribution in [3.8, 4) is 17.6 Å². The molecule has 3 N–H and O–H groups in total. The number of hydrogen-bond acceptors (Lipinski definition) is 2. The smallest absolute Gasteiger partial charge is 0.131 e. The van der Waals surface area contributed by atoms with Crippen molar-refractivity contribution >= 4 is 0 Å². The number of nitrogens with two attached hydrogens (primary N) is 1. The monoisotopic (exact) mass is 203 g/mol. The number of phenols is 1. The number of benzene rings is 1. The average molecular weight is 203 g/mol. The first-order valence-electron chi connectivity index (χ1n) is 4.97. The van der Waals surface area contributed by atoms with E-state index < -0.39 is 0 Å². The zero-order valence-corrected chi connectivity index (χ0v) is 9.46. The molecule has 1 aromatic rings. The lowest BCUT2D eigenvalue weighted by atomic mass is 9.86. The third kappa shape index (κ3) is 3.00. The Hall–Kier alpha value is -1.46. The SMILES string of the molecule is CC(C)(C)c1ccc(O)c(C#CCN)c1. The van der Waals surface area contributed by atoms with Crippen LogP contribution in [0.1, 0.15) is 31.9 Å². The van der Waals surface area contributed by atoms with Crippen molar-refractivity contribution < 1.29 is 5.11 Å². The van der Waals surface area contributed by atoms with Gasteiger partial charge in [0.2, 0.25) is 0 Å². The summed E-state index contributed by atoms with van der Waals surface area (Å²) < 4.78 is 0. The molecule has 2 heteroatoms. The molecule has 0 spiro atoms. The molecule has 0 amide bonds. The van der Waals surface area contributed by atoms with E-state index in [0.717, 1.165) is 5.56 Å². The summed E-state index contributed by atoms with van der Waals surface area (Å²) in [5.74, 6) is 5.81. The van der Waals surface area contributed by atoms with Crippen LogP contribution >= 0.6 is 0 Å². The Bertz CT molecular complexity index is 405. The normalized spacial score (nSPS) is 10.7. The van der Waals surface area contributed by atoms with E-state index in [1.54, 1.807) is 6.07 Å². The standard InChI is InChI=1S/C13H17NO/c1-13(2,3)11-6-7-12(15)10(9-11)5-4-8-14/h6-7,9,15H,8,14H2,1-3H3. The molecule has 0 heterocycles. The van der Waals surface area contributed by atoms with Gasteiger partial charge in [0.25, 0.3) is 0 Å². The van der Waals surface area contributed by atoms with Gasteiger partial charge in [0.05, 0.1) is 12.1 Å². The van der Waals surface area contributed by atoms with Gasteiger partial charge in [0.1, 0.15) is 5.75 Å². The molecular weight excluding hydrogens is 186 g/mol. The van der Waals surface area contributed by atoms with Crippen LogP contribution in [0.15, 0.2) is 18.2 Å². The molecule has 0 saturated heterocycles. The van der Waals surface area contributed by atoms with Gasteiger partial charge in [-0.15, -0.1) is 0 Å². The van der Waals surface area contributed by atoms with Crippen LogP contribution in [0.2, 0.25) is 0 Å². The molecule has 0 aliphatic carbocycles. The zero-order chi connectivity index (χ0) is 11.5. The third-order valence-electron chi connectivity index (χ3n) is 2.19. The van der Waals surface area contributed by atoms with E-state index in [9.17, 15) is 5.11 Å². The summed E-state index contributed by atoms with van der Waals surface area (Å²) >= 11 is 0. The summed E-state index contributed by atoms with van der Waals surface area (Å²) in [4.78, 5) is 0. The highest BCUT2D eigenvalue weighted by Crippen LogP contribution is 2.26. The lowest BCUT2D eigenvalue weighted by molar-refractivity contribution is 0.472. The predicted octanol–water partition coefficient (Wildman–Crippen LogP) is 2.00. The van der Waals surface area contributed by atoms with Gasteiger partial charge < -0.3 is 10.8 Å². The Morgan fingerprint density at radius 2 is 2.00 bits per heavy atom. The molecule has 0 aliphatic heterocycles. The highest BCUT2D eigenvalue weighted by atomic mass is 16.3. The molecule has 80 valence electrons. The Balaban J connectivity index is 3.17. The molecule has 0 aliphatic rings. The van der Waals surface area contributed by atoms with Crippen LogP contribution < -0.4 is 5.73 Å². The molecular formula is C13H17NO. The van der Waals surface area contributed by atoms with Gasteiger partial charge in [-0.3, -0.25) is 0 Å². The van der Waals surface area contributed by atoms with Crippen LogP contribution in [0, 0.1) is 11.8 Å². The molecule has 0 atom stereocenters. The molecule has 0 fully saturated rings. The average Bonchev–Trinajstić information content (AvgIpc) is 2.15. The quantitative estimate of drug-likeness (QED) is 0.633. The second-order valence-corrected chi connectivity index (χ2v) is 4.49. The highest BCUT2D eigenvalue weighted by Gasteiger charge is 2.14. The van der Waals surface area contributed by atoms with Gasteiger partial charge in [-0.1, -0.05) is 38.7 Å². The minimum Gasteiger partial charge on any atom is -0.507 e. The largest absolute Gasteiger partial charge is 0.507 e. The fourth-order valence-corrected chi connectivity index (χ4v) is 1.25. The van der Waals surface area contributed by atoms with E-state index in [0.29, 0.717) is 12.1 Å². The number of phenolic OH excluding ortho intramolecular Hbond substituents is 1. The zero-order valence-electron chi connectivity index (χ0n) is 9.46. The van der Waals surface area contributed by atoms with Gasteiger partial charge >= 0.3 is 0 Å². The molecule has 0 radical (unpaired) electrons. The third-order valence-corrected chi connectivity index (χ3v) is 2.19. The minimum atomic E-state index is 0.0623. The van der Waals surface area contributed by atoms with E-state index in [4.69, 9.17) is 5.73 Å². The van der Waals surface area contributed by atoms with Crippen LogP contribution in [-0.4, -0.2) is 11.7 Å². The summed E-state index contributed by atoms with van der Waals surface area (Å²) in [6.07, 6.45) is 0. The summed E-state index contributed by atoms with van der Waals surface area (Å²) in [6, 6.07) is 5.52. The first-order valence-corrected chi connectivity index (χ1v) is 4.97. The summed E-state index contributed by atoms with van der Waals surface area (Å²) in [6.45, 7) is 6.68. The van der Waals surface area contributed by atoms with E-state index >= 15 is 0 Å². The Labute approximate surface area is 91.1 Å². The summed E-state index contributed by atoms with van der Waals surface area (Å²) in [5.41, 5.74) is 7.16. The molecule has 2 nitrogen and oxygen atoms in total. The topological polar surface area (TPSA) is 46.2 Å². The molecule has 1 rings (SSSR count).